The smallest absolute Gasteiger partial charge is 0.319 e. The Morgan fingerprint density at radius 1 is 1.28 bits per heavy atom. The van der Waals surface area contributed by atoms with E-state index >= 15 is 4.39 Å². The Morgan fingerprint density at radius 2 is 2.11 bits per heavy atom. The molecular formula is C34H32F3N7O3. The number of aromatic hydroxyl groups is 1. The zero-order valence-electron chi connectivity index (χ0n) is 25.5. The quantitative estimate of drug-likeness (QED) is 0.163. The van der Waals surface area contributed by atoms with Gasteiger partial charge in [-0.2, -0.15) is 9.97 Å². The number of benzene rings is 2. The number of phenols is 1. The second-order valence-electron chi connectivity index (χ2n) is 12.2. The van der Waals surface area contributed by atoms with Crippen molar-refractivity contribution in [2.75, 3.05) is 30.7 Å². The van der Waals surface area contributed by atoms with Gasteiger partial charge in [-0.15, -0.1) is 0 Å². The first-order chi connectivity index (χ1) is 22.6. The predicted octanol–water partition coefficient (Wildman–Crippen LogP) is 5.87. The van der Waals surface area contributed by atoms with Crippen LogP contribution in [0.5, 0.6) is 11.8 Å². The molecule has 5 heterocycles. The van der Waals surface area contributed by atoms with E-state index in [-0.39, 0.29) is 63.1 Å². The lowest BCUT2D eigenvalue weighted by molar-refractivity contribution is 0.107. The number of phenolic OH excluding ortho intramolecular Hbond substituents is 1. The number of alkyl halides is 1. The van der Waals surface area contributed by atoms with Crippen LogP contribution in [0.1, 0.15) is 43.4 Å². The fourth-order valence-electron chi connectivity index (χ4n) is 7.09. The van der Waals surface area contributed by atoms with Gasteiger partial charge in [0, 0.05) is 41.2 Å². The minimum absolute atomic E-state index is 0.0263. The number of rotatable bonds is 8. The molecule has 0 aliphatic carbocycles. The summed E-state index contributed by atoms with van der Waals surface area (Å²) in [4.78, 5) is 31.4. The summed E-state index contributed by atoms with van der Waals surface area (Å²) in [5.74, 6) is -1.57. The molecule has 0 bridgehead atoms. The maximum absolute atomic E-state index is 16.8. The maximum Gasteiger partial charge on any atom is 0.319 e. The number of nitrogen functional groups attached to an aromatic ring is 1. The molecule has 0 radical (unpaired) electrons. The van der Waals surface area contributed by atoms with Crippen molar-refractivity contribution in [1.82, 2.24) is 24.8 Å². The Balaban J connectivity index is 1.41. The topological polar surface area (TPSA) is 142 Å². The number of hydrogen-bond donors (Lipinski definition) is 4. The number of nitrogens with one attached hydrogen (secondary N) is 2. The van der Waals surface area contributed by atoms with Crippen molar-refractivity contribution in [1.29, 1.82) is 0 Å². The maximum atomic E-state index is 16.8. The fourth-order valence-corrected chi connectivity index (χ4v) is 7.09. The van der Waals surface area contributed by atoms with Gasteiger partial charge >= 0.3 is 6.01 Å². The van der Waals surface area contributed by atoms with Gasteiger partial charge in [-0.3, -0.25) is 9.69 Å². The predicted molar refractivity (Wildman–Crippen MR) is 174 cm³/mol. The minimum atomic E-state index is -0.986. The lowest BCUT2D eigenvalue weighted by Gasteiger charge is -2.30. The van der Waals surface area contributed by atoms with E-state index in [1.807, 2.05) is 0 Å². The normalized spacial score (nSPS) is 20.0. The van der Waals surface area contributed by atoms with E-state index in [0.717, 1.165) is 19.4 Å². The zero-order chi connectivity index (χ0) is 33.0. The van der Waals surface area contributed by atoms with Crippen molar-refractivity contribution in [3.05, 3.63) is 82.3 Å². The van der Waals surface area contributed by atoms with E-state index in [1.54, 1.807) is 25.3 Å². The SMILES string of the molecule is C=Cc1c(F)ccc2cc(O)cc(-c3[nH]c(=O)c4c(N[C@H](C)c5cccnc5N)nc(OC[C@@]56CCCN5C[C@H](F)C6)nc4c3F)c12. The highest BCUT2D eigenvalue weighted by molar-refractivity contribution is 6.04. The molecule has 242 valence electrons. The highest BCUT2D eigenvalue weighted by atomic mass is 19.1. The average Bonchev–Trinajstić information content (AvgIpc) is 3.57. The molecule has 2 fully saturated rings. The number of nitrogens with zero attached hydrogens (tertiary/aromatic N) is 4. The van der Waals surface area contributed by atoms with Crippen LogP contribution in [0.4, 0.5) is 24.8 Å². The Labute approximate surface area is 267 Å². The Bertz CT molecular complexity index is 2120. The van der Waals surface area contributed by atoms with Crippen molar-refractivity contribution < 1.29 is 23.0 Å². The monoisotopic (exact) mass is 643 g/mol. The van der Waals surface area contributed by atoms with Gasteiger partial charge in [0.25, 0.3) is 5.56 Å². The third-order valence-corrected chi connectivity index (χ3v) is 9.27. The second-order valence-corrected chi connectivity index (χ2v) is 12.2. The van der Waals surface area contributed by atoms with Crippen molar-refractivity contribution in [2.24, 2.45) is 0 Å². The molecule has 0 amide bonds. The minimum Gasteiger partial charge on any atom is -0.508 e. The molecule has 3 aromatic heterocycles. The lowest BCUT2D eigenvalue weighted by atomic mass is 9.95. The molecule has 0 unspecified atom stereocenters. The van der Waals surface area contributed by atoms with Crippen molar-refractivity contribution >= 4 is 39.4 Å². The van der Waals surface area contributed by atoms with E-state index in [1.165, 1.54) is 30.3 Å². The van der Waals surface area contributed by atoms with Gasteiger partial charge in [0.05, 0.1) is 17.3 Å². The molecule has 2 aliphatic heterocycles. The molecule has 5 aromatic rings. The number of nitrogens with two attached hydrogens (primary N) is 1. The number of fused-ring (bicyclic) bond motifs is 3. The average molecular weight is 644 g/mol. The van der Waals surface area contributed by atoms with Crippen LogP contribution in [0.2, 0.25) is 0 Å². The molecule has 7 rings (SSSR count). The van der Waals surface area contributed by atoms with E-state index in [4.69, 9.17) is 10.5 Å². The van der Waals surface area contributed by atoms with E-state index < -0.39 is 34.9 Å². The number of halogens is 3. The number of anilines is 2. The summed E-state index contributed by atoms with van der Waals surface area (Å²) in [6.45, 7) is 6.61. The van der Waals surface area contributed by atoms with Gasteiger partial charge in [-0.05, 0) is 56.0 Å². The molecule has 2 aliphatic rings. The van der Waals surface area contributed by atoms with Crippen molar-refractivity contribution in [2.45, 2.75) is 43.9 Å². The van der Waals surface area contributed by atoms with Crippen LogP contribution in [0.25, 0.3) is 39.0 Å². The van der Waals surface area contributed by atoms with Crippen LogP contribution in [0.15, 0.2) is 54.0 Å². The van der Waals surface area contributed by atoms with Crippen molar-refractivity contribution in [3.8, 4) is 23.0 Å². The second kappa shape index (κ2) is 11.6. The van der Waals surface area contributed by atoms with Gasteiger partial charge in [0.15, 0.2) is 5.82 Å². The summed E-state index contributed by atoms with van der Waals surface area (Å²) < 4.78 is 52.2. The van der Waals surface area contributed by atoms with Gasteiger partial charge < -0.3 is 25.9 Å². The van der Waals surface area contributed by atoms with E-state index in [2.05, 4.69) is 36.7 Å². The van der Waals surface area contributed by atoms with Crippen LogP contribution in [-0.4, -0.2) is 61.3 Å². The van der Waals surface area contributed by atoms with Gasteiger partial charge in [0.1, 0.15) is 46.9 Å². The van der Waals surface area contributed by atoms with Crippen LogP contribution in [0, 0.1) is 11.6 Å². The van der Waals surface area contributed by atoms with Crippen molar-refractivity contribution in [3.63, 3.8) is 0 Å². The Morgan fingerprint density at radius 3 is 2.89 bits per heavy atom. The summed E-state index contributed by atoms with van der Waals surface area (Å²) in [6.07, 6.45) is 3.77. The molecular weight excluding hydrogens is 611 g/mol. The van der Waals surface area contributed by atoms with E-state index in [9.17, 15) is 18.7 Å². The van der Waals surface area contributed by atoms with Crippen LogP contribution in [0.3, 0.4) is 0 Å². The Kier molecular flexibility index (Phi) is 7.50. The summed E-state index contributed by atoms with van der Waals surface area (Å²) in [6, 6.07) is 8.02. The number of aromatic amines is 1. The Hall–Kier alpha value is -5.17. The molecule has 2 saturated heterocycles. The number of ether oxygens (including phenoxy) is 1. The molecule has 0 saturated carbocycles. The highest BCUT2D eigenvalue weighted by Crippen LogP contribution is 2.41. The van der Waals surface area contributed by atoms with Crippen LogP contribution < -0.4 is 21.3 Å². The molecule has 10 nitrogen and oxygen atoms in total. The summed E-state index contributed by atoms with van der Waals surface area (Å²) in [5.41, 5.74) is 4.83. The van der Waals surface area contributed by atoms with Gasteiger partial charge in [0.2, 0.25) is 0 Å². The first kappa shape index (κ1) is 30.5. The fraction of sp³-hybridized carbons (Fsp3) is 0.294. The molecule has 47 heavy (non-hydrogen) atoms. The lowest BCUT2D eigenvalue weighted by Crippen LogP contribution is -2.43. The van der Waals surface area contributed by atoms with Gasteiger partial charge in [-0.25, -0.2) is 18.2 Å². The molecule has 13 heteroatoms. The van der Waals surface area contributed by atoms with Gasteiger partial charge in [-0.1, -0.05) is 24.8 Å². The third-order valence-electron chi connectivity index (χ3n) is 9.27. The third kappa shape index (κ3) is 5.20. The van der Waals surface area contributed by atoms with E-state index in [0.29, 0.717) is 23.9 Å². The van der Waals surface area contributed by atoms with Crippen LogP contribution in [-0.2, 0) is 0 Å². The zero-order valence-corrected chi connectivity index (χ0v) is 25.5. The number of H-pyrrole nitrogens is 1. The molecule has 3 atom stereocenters. The summed E-state index contributed by atoms with van der Waals surface area (Å²) >= 11 is 0. The van der Waals surface area contributed by atoms with Crippen LogP contribution >= 0.6 is 0 Å². The highest BCUT2D eigenvalue weighted by Gasteiger charge is 2.49. The summed E-state index contributed by atoms with van der Waals surface area (Å²) in [5, 5.41) is 14.1. The molecule has 2 aromatic carbocycles. The standard InChI is InChI=1S/C34H32F3N7O3/c1-3-21-24(36)8-7-18-12-20(45)13-23(25(18)21)28-27(37)29-26(32(46)41-28)31(40-17(2)22-6-4-10-39-30(22)38)43-33(42-29)47-16-34-9-5-11-44(34)15-19(35)14-34/h3-4,6-8,10,12-13,17,19,45H,1,5,9,11,14-16H2,2H3,(H2,38,39)(H,41,46)(H,40,42,43)/t17-,19-,34+/m1/s1. The number of aromatic nitrogens is 4. The first-order valence-corrected chi connectivity index (χ1v) is 15.3. The molecule has 5 N–H and O–H groups in total. The number of pyridine rings is 2. The molecule has 0 spiro atoms. The largest absolute Gasteiger partial charge is 0.508 e. The first-order valence-electron chi connectivity index (χ1n) is 15.3. The number of hydrogen-bond acceptors (Lipinski definition) is 9. The summed E-state index contributed by atoms with van der Waals surface area (Å²) in [7, 11) is 0.